The molecule has 8 nitrogen and oxygen atoms in total. The first-order valence-electron chi connectivity index (χ1n) is 10.9. The highest BCUT2D eigenvalue weighted by Gasteiger charge is 2.27. The number of halogens is 2. The molecule has 1 aromatic heterocycles. The zero-order chi connectivity index (χ0) is 25.2. The van der Waals surface area contributed by atoms with Gasteiger partial charge in [0.25, 0.3) is 5.91 Å². The Morgan fingerprint density at radius 2 is 1.83 bits per heavy atom. The van der Waals surface area contributed by atoms with Gasteiger partial charge >= 0.3 is 6.16 Å². The number of rotatable bonds is 5. The summed E-state index contributed by atoms with van der Waals surface area (Å²) in [6.07, 6.45) is -1.64. The first-order chi connectivity index (χ1) is 17.4. The lowest BCUT2D eigenvalue weighted by atomic mass is 10.0. The van der Waals surface area contributed by atoms with E-state index >= 15 is 0 Å². The van der Waals surface area contributed by atoms with Crippen molar-refractivity contribution in [2.24, 2.45) is 0 Å². The summed E-state index contributed by atoms with van der Waals surface area (Å²) in [4.78, 5) is 28.1. The summed E-state index contributed by atoms with van der Waals surface area (Å²) < 4.78 is 16.4. The van der Waals surface area contributed by atoms with Crippen molar-refractivity contribution >= 4 is 52.0 Å². The number of anilines is 1. The number of hydrogen-bond acceptors (Lipinski definition) is 6. The number of pyridine rings is 1. The quantitative estimate of drug-likeness (QED) is 0.268. The lowest BCUT2D eigenvalue weighted by molar-refractivity contribution is 0.0326. The third kappa shape index (κ3) is 5.00. The van der Waals surface area contributed by atoms with Gasteiger partial charge in [0.15, 0.2) is 0 Å². The summed E-state index contributed by atoms with van der Waals surface area (Å²) >= 11 is 12.6. The molecule has 0 bridgehead atoms. The van der Waals surface area contributed by atoms with E-state index in [9.17, 15) is 9.59 Å². The van der Waals surface area contributed by atoms with Gasteiger partial charge in [-0.15, -0.1) is 0 Å². The summed E-state index contributed by atoms with van der Waals surface area (Å²) in [5.41, 5.74) is 1.54. The zero-order valence-electron chi connectivity index (χ0n) is 18.5. The Labute approximate surface area is 215 Å². The average Bonchev–Trinajstić information content (AvgIpc) is 2.86. The zero-order valence-corrected chi connectivity index (χ0v) is 20.0. The average molecular weight is 525 g/mol. The molecule has 0 saturated heterocycles. The van der Waals surface area contributed by atoms with Crippen LogP contribution in [0, 0.1) is 0 Å². The number of fused-ring (bicyclic) bond motifs is 2. The van der Waals surface area contributed by atoms with Gasteiger partial charge in [0.05, 0.1) is 22.2 Å². The smallest absolute Gasteiger partial charge is 0.493 e. The fraction of sp³-hybridized carbons (Fsp3) is 0.115. The molecule has 4 aromatic rings. The van der Waals surface area contributed by atoms with E-state index in [4.69, 9.17) is 42.5 Å². The van der Waals surface area contributed by atoms with Crippen molar-refractivity contribution in [3.8, 4) is 17.2 Å². The second-order valence-electron chi connectivity index (χ2n) is 7.92. The summed E-state index contributed by atoms with van der Waals surface area (Å²) in [5.74, 6) is 1.24. The number of nitrogens with one attached hydrogen (secondary N) is 1. The van der Waals surface area contributed by atoms with Crippen LogP contribution >= 0.6 is 23.2 Å². The van der Waals surface area contributed by atoms with Gasteiger partial charge in [0, 0.05) is 29.0 Å². The molecular weight excluding hydrogens is 507 g/mol. The Kier molecular flexibility index (Phi) is 6.54. The van der Waals surface area contributed by atoms with Crippen molar-refractivity contribution in [2.45, 2.75) is 12.5 Å². The number of aromatic nitrogens is 1. The summed E-state index contributed by atoms with van der Waals surface area (Å²) in [7, 11) is 0. The largest absolute Gasteiger partial charge is 0.506 e. The monoisotopic (exact) mass is 524 g/mol. The van der Waals surface area contributed by atoms with Crippen molar-refractivity contribution in [1.82, 2.24) is 4.98 Å². The van der Waals surface area contributed by atoms with E-state index in [1.165, 1.54) is 0 Å². The molecule has 36 heavy (non-hydrogen) atoms. The number of carbonyl (C=O) groups excluding carboxylic acids is 1. The maximum atomic E-state index is 12.7. The van der Waals surface area contributed by atoms with Crippen LogP contribution in [0.4, 0.5) is 10.6 Å². The van der Waals surface area contributed by atoms with Crippen LogP contribution in [-0.4, -0.2) is 28.8 Å². The molecule has 182 valence electrons. The van der Waals surface area contributed by atoms with Crippen LogP contribution in [0.5, 0.6) is 17.2 Å². The van der Waals surface area contributed by atoms with Gasteiger partial charge in [0.2, 0.25) is 0 Å². The predicted molar refractivity (Wildman–Crippen MR) is 135 cm³/mol. The molecule has 1 atom stereocenters. The maximum absolute atomic E-state index is 12.7. The van der Waals surface area contributed by atoms with E-state index in [1.807, 2.05) is 18.2 Å². The van der Waals surface area contributed by atoms with Crippen molar-refractivity contribution in [3.63, 3.8) is 0 Å². The van der Waals surface area contributed by atoms with Gasteiger partial charge < -0.3 is 24.6 Å². The van der Waals surface area contributed by atoms with Gasteiger partial charge in [-0.1, -0.05) is 35.3 Å². The molecular formula is C26H18Cl2N2O6. The van der Waals surface area contributed by atoms with Gasteiger partial charge in [0.1, 0.15) is 29.2 Å². The summed E-state index contributed by atoms with van der Waals surface area (Å²) in [6.45, 7) is 0.300. The SMILES string of the molecule is O=C(O)OC1CCOc2cc(Oc3ccc(C(=O)Nc4ccc5cccc(Cl)c5n4)cc3)c(Cl)cc21. The molecule has 0 aliphatic carbocycles. The highest BCUT2D eigenvalue weighted by molar-refractivity contribution is 6.35. The third-order valence-electron chi connectivity index (χ3n) is 5.55. The van der Waals surface area contributed by atoms with Crippen LogP contribution < -0.4 is 14.8 Å². The standard InChI is InChI=1S/C26H18Cl2N2O6/c27-18-3-1-2-14-6-9-23(29-24(14)18)30-25(31)15-4-7-16(8-5-15)35-22-13-21-17(12-19(22)28)20(10-11-34-21)36-26(32)33/h1-9,12-13,20H,10-11H2,(H,32,33)(H,29,30,31). The number of hydrogen-bond donors (Lipinski definition) is 2. The van der Waals surface area contributed by atoms with Gasteiger partial charge in [-0.05, 0) is 48.5 Å². The number of carboxylic acid groups (broad SMARTS) is 1. The highest BCUT2D eigenvalue weighted by Crippen LogP contribution is 2.42. The van der Waals surface area contributed by atoms with Crippen molar-refractivity contribution < 1.29 is 28.9 Å². The predicted octanol–water partition coefficient (Wildman–Crippen LogP) is 7.10. The number of benzene rings is 3. The molecule has 1 aliphatic rings. The molecule has 1 amide bonds. The summed E-state index contributed by atoms with van der Waals surface area (Å²) in [5, 5.41) is 13.4. The Morgan fingerprint density at radius 3 is 2.61 bits per heavy atom. The molecule has 0 saturated carbocycles. The molecule has 1 unspecified atom stereocenters. The Morgan fingerprint density at radius 1 is 1.03 bits per heavy atom. The number of carbonyl (C=O) groups is 2. The van der Waals surface area contributed by atoms with Gasteiger partial charge in [-0.2, -0.15) is 0 Å². The van der Waals surface area contributed by atoms with E-state index in [1.54, 1.807) is 48.5 Å². The first-order valence-corrected chi connectivity index (χ1v) is 11.6. The molecule has 0 radical (unpaired) electrons. The van der Waals surface area contributed by atoms with E-state index in [0.717, 1.165) is 5.39 Å². The molecule has 3 aromatic carbocycles. The van der Waals surface area contributed by atoms with E-state index in [0.29, 0.717) is 57.8 Å². The van der Waals surface area contributed by atoms with Crippen LogP contribution in [0.1, 0.15) is 28.4 Å². The highest BCUT2D eigenvalue weighted by atomic mass is 35.5. The topological polar surface area (TPSA) is 107 Å². The fourth-order valence-corrected chi connectivity index (χ4v) is 4.29. The second kappa shape index (κ2) is 9.93. The Hall–Kier alpha value is -4.01. The van der Waals surface area contributed by atoms with Gasteiger partial charge in [-0.25, -0.2) is 9.78 Å². The Bertz CT molecular complexity index is 1480. The number of ether oxygens (including phenoxy) is 3. The number of para-hydroxylation sites is 1. The third-order valence-corrected chi connectivity index (χ3v) is 6.15. The lowest BCUT2D eigenvalue weighted by Crippen LogP contribution is -2.18. The van der Waals surface area contributed by atoms with Crippen LogP contribution in [0.3, 0.4) is 0 Å². The molecule has 1 aliphatic heterocycles. The Balaban J connectivity index is 1.29. The van der Waals surface area contributed by atoms with Crippen LogP contribution in [-0.2, 0) is 4.74 Å². The van der Waals surface area contributed by atoms with Crippen molar-refractivity contribution in [3.05, 3.63) is 87.9 Å². The van der Waals surface area contributed by atoms with Crippen molar-refractivity contribution in [2.75, 3.05) is 11.9 Å². The molecule has 5 rings (SSSR count). The number of nitrogens with zero attached hydrogens (tertiary/aromatic N) is 1. The molecule has 10 heteroatoms. The van der Waals surface area contributed by atoms with E-state index in [-0.39, 0.29) is 10.9 Å². The van der Waals surface area contributed by atoms with Crippen LogP contribution in [0.2, 0.25) is 10.0 Å². The van der Waals surface area contributed by atoms with Crippen LogP contribution in [0.15, 0.2) is 66.7 Å². The molecule has 2 heterocycles. The van der Waals surface area contributed by atoms with Crippen LogP contribution in [0.25, 0.3) is 10.9 Å². The number of amides is 1. The minimum Gasteiger partial charge on any atom is -0.493 e. The van der Waals surface area contributed by atoms with E-state index in [2.05, 4.69) is 10.3 Å². The molecule has 2 N–H and O–H groups in total. The lowest BCUT2D eigenvalue weighted by Gasteiger charge is -2.25. The second-order valence-corrected chi connectivity index (χ2v) is 8.73. The van der Waals surface area contributed by atoms with Crippen molar-refractivity contribution in [1.29, 1.82) is 0 Å². The van der Waals surface area contributed by atoms with E-state index < -0.39 is 12.3 Å². The van der Waals surface area contributed by atoms with Gasteiger partial charge in [-0.3, -0.25) is 4.79 Å². The molecule has 0 spiro atoms. The fourth-order valence-electron chi connectivity index (χ4n) is 3.85. The minimum atomic E-state index is -1.37. The first kappa shape index (κ1) is 23.7. The normalized spacial score (nSPS) is 14.4. The summed E-state index contributed by atoms with van der Waals surface area (Å²) in [6, 6.07) is 18.7. The maximum Gasteiger partial charge on any atom is 0.506 e. The molecule has 0 fully saturated rings. The minimum absolute atomic E-state index is 0.265.